The number of rotatable bonds is 5. The summed E-state index contributed by atoms with van der Waals surface area (Å²) in [6.07, 6.45) is 7.57. The Labute approximate surface area is 115 Å². The summed E-state index contributed by atoms with van der Waals surface area (Å²) in [7, 11) is -1.68. The molecule has 1 N–H and O–H groups in total. The Morgan fingerprint density at radius 1 is 1.26 bits per heavy atom. The zero-order valence-corrected chi connectivity index (χ0v) is 12.6. The van der Waals surface area contributed by atoms with Crippen LogP contribution in [0.5, 0.6) is 0 Å². The Hall–Kier alpha value is -0.620. The highest BCUT2D eigenvalue weighted by Gasteiger charge is 2.39. The summed E-state index contributed by atoms with van der Waals surface area (Å²) in [5.74, 6) is 1.45. The Bertz CT molecular complexity index is 435. The van der Waals surface area contributed by atoms with Crippen LogP contribution < -0.4 is 5.32 Å². The highest BCUT2D eigenvalue weighted by Crippen LogP contribution is 2.43. The molecule has 1 amide bonds. The van der Waals surface area contributed by atoms with Crippen LogP contribution in [0.2, 0.25) is 0 Å². The van der Waals surface area contributed by atoms with E-state index in [9.17, 15) is 13.2 Å². The molecule has 0 heterocycles. The molecule has 3 atom stereocenters. The molecule has 110 valence electrons. The molecule has 2 aliphatic carbocycles. The number of hydrogen-bond acceptors (Lipinski definition) is 3. The second kappa shape index (κ2) is 5.79. The molecular formula is C13H24N2O3S. The monoisotopic (exact) mass is 288 g/mol. The molecule has 2 aliphatic rings. The maximum absolute atomic E-state index is 11.9. The first-order chi connectivity index (χ1) is 8.88. The minimum Gasteiger partial charge on any atom is -0.353 e. The fraction of sp³-hybridized carbons (Fsp3) is 0.923. The number of sulfonamides is 1. The van der Waals surface area contributed by atoms with Crippen molar-refractivity contribution >= 4 is 15.9 Å². The summed E-state index contributed by atoms with van der Waals surface area (Å²) < 4.78 is 23.7. The van der Waals surface area contributed by atoms with E-state index in [1.165, 1.54) is 37.0 Å². The maximum Gasteiger partial charge on any atom is 0.221 e. The van der Waals surface area contributed by atoms with Crippen molar-refractivity contribution in [2.45, 2.75) is 44.6 Å². The number of nitrogens with zero attached hydrogens (tertiary/aromatic N) is 1. The third-order valence-corrected chi connectivity index (χ3v) is 5.96. The van der Waals surface area contributed by atoms with Crippen molar-refractivity contribution in [2.75, 3.05) is 19.8 Å². The molecule has 0 aromatic rings. The first kappa shape index (κ1) is 14.8. The second-order valence-electron chi connectivity index (χ2n) is 5.94. The van der Waals surface area contributed by atoms with E-state index in [2.05, 4.69) is 5.32 Å². The fourth-order valence-electron chi connectivity index (χ4n) is 3.44. The van der Waals surface area contributed by atoms with Gasteiger partial charge < -0.3 is 5.32 Å². The van der Waals surface area contributed by atoms with E-state index < -0.39 is 10.0 Å². The van der Waals surface area contributed by atoms with Crippen molar-refractivity contribution in [1.29, 1.82) is 0 Å². The molecule has 0 bridgehead atoms. The van der Waals surface area contributed by atoms with Crippen molar-refractivity contribution in [1.82, 2.24) is 9.62 Å². The predicted octanol–water partition coefficient (Wildman–Crippen LogP) is 0.963. The number of carbonyl (C=O) groups is 1. The molecule has 0 saturated heterocycles. The molecule has 0 aliphatic heterocycles. The van der Waals surface area contributed by atoms with Gasteiger partial charge in [-0.3, -0.25) is 4.79 Å². The van der Waals surface area contributed by atoms with Gasteiger partial charge in [0.2, 0.25) is 15.9 Å². The SMILES string of the molecule is CN(CCC(=O)N[C@@H]1CC[C@H]2CCC[C@H]21)S(C)(=O)=O. The molecule has 19 heavy (non-hydrogen) atoms. The molecule has 0 aromatic carbocycles. The van der Waals surface area contributed by atoms with Crippen LogP contribution >= 0.6 is 0 Å². The normalized spacial score (nSPS) is 30.6. The van der Waals surface area contributed by atoms with Crippen molar-refractivity contribution in [3.05, 3.63) is 0 Å². The lowest BCUT2D eigenvalue weighted by atomic mass is 9.97. The lowest BCUT2D eigenvalue weighted by Gasteiger charge is -2.21. The van der Waals surface area contributed by atoms with Crippen molar-refractivity contribution in [3.8, 4) is 0 Å². The fourth-order valence-corrected chi connectivity index (χ4v) is 3.87. The average molecular weight is 288 g/mol. The summed E-state index contributed by atoms with van der Waals surface area (Å²) >= 11 is 0. The number of nitrogens with one attached hydrogen (secondary N) is 1. The molecule has 5 nitrogen and oxygen atoms in total. The minimum atomic E-state index is -3.19. The van der Waals surface area contributed by atoms with Gasteiger partial charge >= 0.3 is 0 Å². The molecular weight excluding hydrogens is 264 g/mol. The van der Waals surface area contributed by atoms with Gasteiger partial charge in [0.1, 0.15) is 0 Å². The number of hydrogen-bond donors (Lipinski definition) is 1. The van der Waals surface area contributed by atoms with E-state index in [-0.39, 0.29) is 18.9 Å². The van der Waals surface area contributed by atoms with E-state index in [1.807, 2.05) is 0 Å². The third-order valence-electron chi connectivity index (χ3n) is 4.65. The third kappa shape index (κ3) is 3.69. The van der Waals surface area contributed by atoms with Gasteiger partial charge in [-0.15, -0.1) is 0 Å². The van der Waals surface area contributed by atoms with E-state index in [4.69, 9.17) is 0 Å². The minimum absolute atomic E-state index is 0.0203. The predicted molar refractivity (Wildman–Crippen MR) is 74.1 cm³/mol. The molecule has 0 aromatic heterocycles. The smallest absolute Gasteiger partial charge is 0.221 e. The van der Waals surface area contributed by atoms with Gasteiger partial charge in [0.05, 0.1) is 6.26 Å². The van der Waals surface area contributed by atoms with Gasteiger partial charge in [0.25, 0.3) is 0 Å². The maximum atomic E-state index is 11.9. The molecule has 2 fully saturated rings. The highest BCUT2D eigenvalue weighted by molar-refractivity contribution is 7.88. The summed E-state index contributed by atoms with van der Waals surface area (Å²) in [5.41, 5.74) is 0. The molecule has 2 saturated carbocycles. The largest absolute Gasteiger partial charge is 0.353 e. The number of fused-ring (bicyclic) bond motifs is 1. The van der Waals surface area contributed by atoms with Crippen LogP contribution in [0.1, 0.15) is 38.5 Å². The van der Waals surface area contributed by atoms with Crippen LogP contribution in [-0.4, -0.2) is 44.5 Å². The Morgan fingerprint density at radius 3 is 2.68 bits per heavy atom. The van der Waals surface area contributed by atoms with Gasteiger partial charge in [-0.25, -0.2) is 12.7 Å². The van der Waals surface area contributed by atoms with E-state index in [0.29, 0.717) is 12.0 Å². The summed E-state index contributed by atoms with van der Waals surface area (Å²) in [5, 5.41) is 3.10. The summed E-state index contributed by atoms with van der Waals surface area (Å²) in [6.45, 7) is 0.255. The Balaban J connectivity index is 1.76. The summed E-state index contributed by atoms with van der Waals surface area (Å²) in [4.78, 5) is 11.9. The van der Waals surface area contributed by atoms with Crippen molar-refractivity contribution in [2.24, 2.45) is 11.8 Å². The van der Waals surface area contributed by atoms with Crippen LogP contribution in [-0.2, 0) is 14.8 Å². The first-order valence-electron chi connectivity index (χ1n) is 7.08. The average Bonchev–Trinajstić information content (AvgIpc) is 2.89. The Kier molecular flexibility index (Phi) is 4.50. The lowest BCUT2D eigenvalue weighted by Crippen LogP contribution is -2.39. The highest BCUT2D eigenvalue weighted by atomic mass is 32.2. The van der Waals surface area contributed by atoms with E-state index in [0.717, 1.165) is 18.6 Å². The van der Waals surface area contributed by atoms with Crippen LogP contribution in [0.15, 0.2) is 0 Å². The topological polar surface area (TPSA) is 66.5 Å². The molecule has 0 radical (unpaired) electrons. The molecule has 2 rings (SSSR count). The molecule has 0 spiro atoms. The van der Waals surface area contributed by atoms with Gasteiger partial charge in [0, 0.05) is 26.1 Å². The van der Waals surface area contributed by atoms with Crippen LogP contribution in [0, 0.1) is 11.8 Å². The first-order valence-corrected chi connectivity index (χ1v) is 8.93. The standard InChI is InChI=1S/C13H24N2O3S/c1-15(19(2,17)18)9-8-13(16)14-12-7-6-10-4-3-5-11(10)12/h10-12H,3-9H2,1-2H3,(H,14,16)/t10-,11-,12-/m1/s1. The van der Waals surface area contributed by atoms with Crippen LogP contribution in [0.25, 0.3) is 0 Å². The van der Waals surface area contributed by atoms with Gasteiger partial charge in [-0.05, 0) is 31.1 Å². The second-order valence-corrected chi connectivity index (χ2v) is 8.03. The van der Waals surface area contributed by atoms with Crippen LogP contribution in [0.3, 0.4) is 0 Å². The van der Waals surface area contributed by atoms with Crippen LogP contribution in [0.4, 0.5) is 0 Å². The number of carbonyl (C=O) groups excluding carboxylic acids is 1. The van der Waals surface area contributed by atoms with E-state index in [1.54, 1.807) is 0 Å². The summed E-state index contributed by atoms with van der Waals surface area (Å²) in [6, 6.07) is 0.323. The zero-order chi connectivity index (χ0) is 14.0. The van der Waals surface area contributed by atoms with Gasteiger partial charge in [0.15, 0.2) is 0 Å². The van der Waals surface area contributed by atoms with Gasteiger partial charge in [-0.2, -0.15) is 0 Å². The molecule has 6 heteroatoms. The quantitative estimate of drug-likeness (QED) is 0.819. The Morgan fingerprint density at radius 2 is 2.00 bits per heavy atom. The zero-order valence-electron chi connectivity index (χ0n) is 11.8. The van der Waals surface area contributed by atoms with Gasteiger partial charge in [-0.1, -0.05) is 12.8 Å². The van der Waals surface area contributed by atoms with Crippen molar-refractivity contribution < 1.29 is 13.2 Å². The molecule has 0 unspecified atom stereocenters. The number of amides is 1. The lowest BCUT2D eigenvalue weighted by molar-refractivity contribution is -0.122. The van der Waals surface area contributed by atoms with Crippen molar-refractivity contribution in [3.63, 3.8) is 0 Å². The van der Waals surface area contributed by atoms with E-state index >= 15 is 0 Å².